The van der Waals surface area contributed by atoms with Crippen LogP contribution in [0.3, 0.4) is 0 Å². The van der Waals surface area contributed by atoms with Gasteiger partial charge in [-0.15, -0.1) is 0 Å². The molecule has 2 aromatic heterocycles. The number of rotatable bonds is 2. The summed E-state index contributed by atoms with van der Waals surface area (Å²) in [4.78, 5) is 4.49. The number of nitrogens with zero attached hydrogens (tertiary/aromatic N) is 2. The van der Waals surface area contributed by atoms with Gasteiger partial charge in [0.05, 0.1) is 11.2 Å². The van der Waals surface area contributed by atoms with E-state index in [0.29, 0.717) is 22.8 Å². The van der Waals surface area contributed by atoms with Crippen molar-refractivity contribution in [3.05, 3.63) is 47.9 Å². The van der Waals surface area contributed by atoms with Gasteiger partial charge in [0.25, 0.3) is 0 Å². The normalized spacial score (nSPS) is 38.5. The van der Waals surface area contributed by atoms with Crippen molar-refractivity contribution in [3.63, 3.8) is 0 Å². The molecule has 8 rings (SSSR count). The van der Waals surface area contributed by atoms with Gasteiger partial charge in [-0.1, -0.05) is 25.2 Å². The SMILES string of the molecule is CC12CCC(CC3CCC4C(C=CC5=CCCc6c5n4c4ccncc64)C3)(CC1)CC2. The number of aryl methyl sites for hydroxylation is 1. The van der Waals surface area contributed by atoms with Gasteiger partial charge in [-0.3, -0.25) is 4.98 Å². The minimum absolute atomic E-state index is 0.628. The maximum atomic E-state index is 4.49. The molecular weight excluding hydrogens is 376 g/mol. The Morgan fingerprint density at radius 2 is 1.94 bits per heavy atom. The average molecular weight is 413 g/mol. The molecule has 3 heterocycles. The molecule has 2 bridgehead atoms. The summed E-state index contributed by atoms with van der Waals surface area (Å²) in [7, 11) is 0. The molecule has 6 aliphatic rings. The molecule has 0 amide bonds. The molecule has 2 aromatic rings. The predicted molar refractivity (Wildman–Crippen MR) is 128 cm³/mol. The van der Waals surface area contributed by atoms with Crippen LogP contribution in [0.2, 0.25) is 0 Å². The Morgan fingerprint density at radius 3 is 2.77 bits per heavy atom. The molecule has 0 radical (unpaired) electrons. The molecule has 162 valence electrons. The first-order valence-electron chi connectivity index (χ1n) is 13.0. The number of aromatic nitrogens is 2. The lowest BCUT2D eigenvalue weighted by Gasteiger charge is -2.54. The highest BCUT2D eigenvalue weighted by Gasteiger charge is 2.47. The van der Waals surface area contributed by atoms with E-state index in [1.54, 1.807) is 5.56 Å². The molecule has 2 nitrogen and oxygen atoms in total. The summed E-state index contributed by atoms with van der Waals surface area (Å²) >= 11 is 0. The van der Waals surface area contributed by atoms with Gasteiger partial charge >= 0.3 is 0 Å². The molecule has 0 N–H and O–H groups in total. The number of fused-ring (bicyclic) bond motifs is 8. The smallest absolute Gasteiger partial charge is 0.0524 e. The fraction of sp³-hybridized carbons (Fsp3) is 0.621. The standard InChI is InChI=1S/C29H36N2/c1-28-10-13-29(14-11-28,15-12-28)18-20-5-8-25-22(17-20)7-6-21-3-2-4-23-24-19-30-16-9-26(24)31(25)27(21)23/h3,6-7,9,16,19-20,22,25H,2,4-5,8,10-15,17-18H2,1H3. The van der Waals surface area contributed by atoms with Crippen LogP contribution >= 0.6 is 0 Å². The quantitative estimate of drug-likeness (QED) is 0.495. The van der Waals surface area contributed by atoms with E-state index in [4.69, 9.17) is 0 Å². The Hall–Kier alpha value is -1.83. The van der Waals surface area contributed by atoms with Crippen molar-refractivity contribution >= 4 is 16.5 Å². The van der Waals surface area contributed by atoms with E-state index in [2.05, 4.69) is 47.0 Å². The maximum Gasteiger partial charge on any atom is 0.0524 e. The second-order valence-corrected chi connectivity index (χ2v) is 12.1. The lowest BCUT2D eigenvalue weighted by atomic mass is 9.52. The van der Waals surface area contributed by atoms with E-state index >= 15 is 0 Å². The highest BCUT2D eigenvalue weighted by Crippen LogP contribution is 2.60. The van der Waals surface area contributed by atoms with E-state index in [-0.39, 0.29) is 0 Å². The molecule has 3 unspecified atom stereocenters. The van der Waals surface area contributed by atoms with Crippen LogP contribution in [-0.2, 0) is 6.42 Å². The van der Waals surface area contributed by atoms with Gasteiger partial charge in [0, 0.05) is 23.8 Å². The van der Waals surface area contributed by atoms with Gasteiger partial charge in [-0.2, -0.15) is 0 Å². The van der Waals surface area contributed by atoms with Crippen molar-refractivity contribution in [2.24, 2.45) is 22.7 Å². The van der Waals surface area contributed by atoms with Gasteiger partial charge in [0.2, 0.25) is 0 Å². The van der Waals surface area contributed by atoms with Crippen molar-refractivity contribution in [1.82, 2.24) is 9.55 Å². The van der Waals surface area contributed by atoms with E-state index in [9.17, 15) is 0 Å². The fourth-order valence-corrected chi connectivity index (χ4v) is 8.34. The summed E-state index contributed by atoms with van der Waals surface area (Å²) in [6.45, 7) is 2.55. The molecule has 0 saturated heterocycles. The summed E-state index contributed by atoms with van der Waals surface area (Å²) in [6, 6.07) is 2.91. The number of hydrogen-bond donors (Lipinski definition) is 0. The zero-order valence-electron chi connectivity index (χ0n) is 19.1. The van der Waals surface area contributed by atoms with Crippen molar-refractivity contribution < 1.29 is 0 Å². The van der Waals surface area contributed by atoms with Crippen LogP contribution in [0.25, 0.3) is 16.5 Å². The Bertz CT molecular complexity index is 1070. The van der Waals surface area contributed by atoms with Crippen molar-refractivity contribution in [1.29, 1.82) is 0 Å². The number of hydrogen-bond acceptors (Lipinski definition) is 1. The van der Waals surface area contributed by atoms with Crippen LogP contribution in [0.5, 0.6) is 0 Å². The summed E-state index contributed by atoms with van der Waals surface area (Å²) in [5.74, 6) is 1.61. The topological polar surface area (TPSA) is 17.8 Å². The van der Waals surface area contributed by atoms with Crippen LogP contribution in [0, 0.1) is 22.7 Å². The monoisotopic (exact) mass is 412 g/mol. The third-order valence-electron chi connectivity index (χ3n) is 10.3. The molecular formula is C29H36N2. The second-order valence-electron chi connectivity index (χ2n) is 12.1. The predicted octanol–water partition coefficient (Wildman–Crippen LogP) is 7.64. The van der Waals surface area contributed by atoms with E-state index < -0.39 is 0 Å². The maximum absolute atomic E-state index is 4.49. The highest BCUT2D eigenvalue weighted by atomic mass is 15.0. The van der Waals surface area contributed by atoms with Crippen LogP contribution in [0.15, 0.2) is 36.7 Å². The minimum Gasteiger partial charge on any atom is -0.336 e. The average Bonchev–Trinajstić information content (AvgIpc) is 3.04. The van der Waals surface area contributed by atoms with E-state index in [1.165, 1.54) is 99.2 Å². The van der Waals surface area contributed by atoms with E-state index in [1.807, 2.05) is 6.20 Å². The number of pyridine rings is 1. The van der Waals surface area contributed by atoms with Crippen molar-refractivity contribution in [2.75, 3.05) is 0 Å². The Kier molecular flexibility index (Phi) is 3.98. The zero-order chi connectivity index (χ0) is 20.6. The molecule has 5 aliphatic carbocycles. The van der Waals surface area contributed by atoms with Gasteiger partial charge < -0.3 is 4.57 Å². The van der Waals surface area contributed by atoms with Gasteiger partial charge in [0.1, 0.15) is 0 Å². The summed E-state index contributed by atoms with van der Waals surface area (Å²) in [6.07, 6.45) is 28.7. The third kappa shape index (κ3) is 2.79. The zero-order valence-corrected chi connectivity index (χ0v) is 19.1. The summed E-state index contributed by atoms with van der Waals surface area (Å²) in [5.41, 5.74) is 7.37. The molecule has 31 heavy (non-hydrogen) atoms. The van der Waals surface area contributed by atoms with Gasteiger partial charge in [0.15, 0.2) is 0 Å². The lowest BCUT2D eigenvalue weighted by molar-refractivity contribution is -0.0197. The van der Waals surface area contributed by atoms with Crippen LogP contribution < -0.4 is 0 Å². The number of allylic oxidation sites excluding steroid dienone is 4. The van der Waals surface area contributed by atoms with Crippen molar-refractivity contribution in [3.8, 4) is 0 Å². The van der Waals surface area contributed by atoms with Gasteiger partial charge in [-0.05, 0) is 117 Å². The summed E-state index contributed by atoms with van der Waals surface area (Å²) in [5, 5.41) is 1.41. The second kappa shape index (κ2) is 6.59. The first kappa shape index (κ1) is 18.7. The third-order valence-corrected chi connectivity index (χ3v) is 10.3. The molecule has 0 spiro atoms. The highest BCUT2D eigenvalue weighted by molar-refractivity contribution is 5.92. The molecule has 4 saturated carbocycles. The minimum atomic E-state index is 0.628. The lowest BCUT2D eigenvalue weighted by Crippen LogP contribution is -2.41. The van der Waals surface area contributed by atoms with Crippen LogP contribution in [0.1, 0.15) is 94.9 Å². The first-order valence-corrected chi connectivity index (χ1v) is 13.0. The van der Waals surface area contributed by atoms with Crippen LogP contribution in [-0.4, -0.2) is 9.55 Å². The summed E-state index contributed by atoms with van der Waals surface area (Å²) < 4.78 is 2.75. The molecule has 0 aromatic carbocycles. The molecule has 3 atom stereocenters. The Morgan fingerprint density at radius 1 is 1.10 bits per heavy atom. The van der Waals surface area contributed by atoms with Gasteiger partial charge in [-0.25, -0.2) is 0 Å². The molecule has 2 heteroatoms. The van der Waals surface area contributed by atoms with E-state index in [0.717, 1.165) is 5.92 Å². The van der Waals surface area contributed by atoms with Crippen molar-refractivity contribution in [2.45, 2.75) is 90.0 Å². The molecule has 1 aliphatic heterocycles. The Labute approximate surface area is 186 Å². The van der Waals surface area contributed by atoms with Crippen LogP contribution in [0.4, 0.5) is 0 Å². The fourth-order valence-electron chi connectivity index (χ4n) is 8.34. The Balaban J connectivity index is 1.21. The first-order chi connectivity index (χ1) is 15.1. The molecule has 4 fully saturated rings. The largest absolute Gasteiger partial charge is 0.336 e.